The van der Waals surface area contributed by atoms with Crippen molar-refractivity contribution in [3.63, 3.8) is 0 Å². The molecule has 2 rings (SSSR count). The van der Waals surface area contributed by atoms with Crippen molar-refractivity contribution >= 4 is 5.91 Å². The highest BCUT2D eigenvalue weighted by atomic mass is 19.3. The molecule has 0 radical (unpaired) electrons. The molecule has 0 bridgehead atoms. The van der Waals surface area contributed by atoms with Gasteiger partial charge in [-0.25, -0.2) is 4.39 Å². The summed E-state index contributed by atoms with van der Waals surface area (Å²) < 4.78 is 42.1. The Morgan fingerprint density at radius 3 is 2.55 bits per heavy atom. The lowest BCUT2D eigenvalue weighted by molar-refractivity contribution is -0.0504. The first kappa shape index (κ1) is 16.6. The van der Waals surface area contributed by atoms with Crippen LogP contribution in [-0.2, 0) is 0 Å². The van der Waals surface area contributed by atoms with Gasteiger partial charge in [0.2, 0.25) is 0 Å². The van der Waals surface area contributed by atoms with Crippen molar-refractivity contribution < 1.29 is 27.8 Å². The molecule has 1 aromatic carbocycles. The summed E-state index contributed by atoms with van der Waals surface area (Å²) in [5.74, 6) is -1.68. The second kappa shape index (κ2) is 7.46. The molecule has 0 atom stereocenters. The van der Waals surface area contributed by atoms with Crippen LogP contribution in [0.25, 0.3) is 0 Å². The van der Waals surface area contributed by atoms with E-state index in [0.29, 0.717) is 32.7 Å². The molecular formula is C14H17F3N2O3. The first-order valence-electron chi connectivity index (χ1n) is 6.88. The molecule has 1 aliphatic rings. The number of ether oxygens (including phenoxy) is 1. The van der Waals surface area contributed by atoms with Crippen molar-refractivity contribution in [3.8, 4) is 5.75 Å². The van der Waals surface area contributed by atoms with Gasteiger partial charge in [-0.05, 0) is 12.1 Å². The predicted molar refractivity (Wildman–Crippen MR) is 72.5 cm³/mol. The third-order valence-electron chi connectivity index (χ3n) is 3.47. The van der Waals surface area contributed by atoms with Gasteiger partial charge in [-0.3, -0.25) is 9.69 Å². The number of halogens is 3. The molecule has 1 N–H and O–H groups in total. The molecule has 0 aliphatic carbocycles. The van der Waals surface area contributed by atoms with Gasteiger partial charge in [0.05, 0.1) is 12.2 Å². The van der Waals surface area contributed by atoms with Crippen LogP contribution in [0.1, 0.15) is 10.4 Å². The number of benzene rings is 1. The molecule has 1 fully saturated rings. The Labute approximate surface area is 125 Å². The highest BCUT2D eigenvalue weighted by Crippen LogP contribution is 2.24. The van der Waals surface area contributed by atoms with E-state index in [9.17, 15) is 18.0 Å². The lowest BCUT2D eigenvalue weighted by atomic mass is 10.1. The molecule has 1 saturated heterocycles. The Morgan fingerprint density at radius 2 is 1.95 bits per heavy atom. The Morgan fingerprint density at radius 1 is 1.27 bits per heavy atom. The highest BCUT2D eigenvalue weighted by molar-refractivity contribution is 5.97. The summed E-state index contributed by atoms with van der Waals surface area (Å²) in [6, 6.07) is 2.96. The topological polar surface area (TPSA) is 53.0 Å². The quantitative estimate of drug-likeness (QED) is 0.886. The third-order valence-corrected chi connectivity index (χ3v) is 3.47. The number of carbonyl (C=O) groups excluding carboxylic acids is 1. The number of β-amino-alcohol motifs (C(OH)–C–C–N with tert-alkyl or cyclic N) is 1. The van der Waals surface area contributed by atoms with Gasteiger partial charge in [0.1, 0.15) is 11.6 Å². The maximum absolute atomic E-state index is 13.2. The van der Waals surface area contributed by atoms with Crippen LogP contribution in [0, 0.1) is 5.82 Å². The van der Waals surface area contributed by atoms with Crippen molar-refractivity contribution in [2.24, 2.45) is 0 Å². The van der Waals surface area contributed by atoms with Crippen molar-refractivity contribution in [3.05, 3.63) is 29.6 Å². The van der Waals surface area contributed by atoms with Gasteiger partial charge in [0.15, 0.2) is 0 Å². The van der Waals surface area contributed by atoms with Crippen LogP contribution in [0.5, 0.6) is 5.75 Å². The number of aliphatic hydroxyl groups is 1. The van der Waals surface area contributed by atoms with Crippen molar-refractivity contribution in [1.29, 1.82) is 0 Å². The molecule has 5 nitrogen and oxygen atoms in total. The van der Waals surface area contributed by atoms with Crippen molar-refractivity contribution in [1.82, 2.24) is 9.80 Å². The van der Waals surface area contributed by atoms with Crippen LogP contribution in [-0.4, -0.2) is 66.8 Å². The molecule has 1 aromatic rings. The molecule has 22 heavy (non-hydrogen) atoms. The predicted octanol–water partition coefficient (Wildman–Crippen LogP) is 1.18. The third kappa shape index (κ3) is 4.11. The Hall–Kier alpha value is -1.80. The number of hydrogen-bond donors (Lipinski definition) is 1. The van der Waals surface area contributed by atoms with Crippen LogP contribution < -0.4 is 4.74 Å². The minimum atomic E-state index is -3.13. The minimum absolute atomic E-state index is 0.0400. The van der Waals surface area contributed by atoms with Crippen LogP contribution in [0.3, 0.4) is 0 Å². The zero-order chi connectivity index (χ0) is 16.1. The largest absolute Gasteiger partial charge is 0.434 e. The van der Waals surface area contributed by atoms with Crippen LogP contribution in [0.15, 0.2) is 18.2 Å². The molecule has 1 amide bonds. The van der Waals surface area contributed by atoms with Gasteiger partial charge < -0.3 is 14.7 Å². The van der Waals surface area contributed by atoms with Crippen molar-refractivity contribution in [2.45, 2.75) is 6.61 Å². The fourth-order valence-corrected chi connectivity index (χ4v) is 2.35. The van der Waals surface area contributed by atoms with Crippen LogP contribution in [0.2, 0.25) is 0 Å². The monoisotopic (exact) mass is 318 g/mol. The van der Waals surface area contributed by atoms with Gasteiger partial charge in [-0.15, -0.1) is 0 Å². The molecule has 122 valence electrons. The minimum Gasteiger partial charge on any atom is -0.434 e. The molecular weight excluding hydrogens is 301 g/mol. The van der Waals surface area contributed by atoms with E-state index in [0.717, 1.165) is 18.2 Å². The second-order valence-corrected chi connectivity index (χ2v) is 4.88. The summed E-state index contributed by atoms with van der Waals surface area (Å²) in [6.45, 7) is -0.586. The fraction of sp³-hybridized carbons (Fsp3) is 0.500. The SMILES string of the molecule is O=C(c1ccc(F)cc1OC(F)F)N1CCN(CCO)CC1. The number of rotatable bonds is 5. The highest BCUT2D eigenvalue weighted by Gasteiger charge is 2.25. The number of aliphatic hydroxyl groups excluding tert-OH is 1. The number of amides is 1. The maximum Gasteiger partial charge on any atom is 0.387 e. The molecule has 1 aliphatic heterocycles. The summed E-state index contributed by atoms with van der Waals surface area (Å²) in [7, 11) is 0. The van der Waals surface area contributed by atoms with E-state index in [-0.39, 0.29) is 12.2 Å². The number of nitrogens with zero attached hydrogens (tertiary/aromatic N) is 2. The molecule has 8 heteroatoms. The maximum atomic E-state index is 13.2. The van der Waals surface area contributed by atoms with Crippen LogP contribution >= 0.6 is 0 Å². The number of hydrogen-bond acceptors (Lipinski definition) is 4. The van der Waals surface area contributed by atoms with E-state index in [2.05, 4.69) is 4.74 Å². The van der Waals surface area contributed by atoms with E-state index in [1.165, 1.54) is 4.90 Å². The van der Waals surface area contributed by atoms with Gasteiger partial charge in [0.25, 0.3) is 5.91 Å². The summed E-state index contributed by atoms with van der Waals surface area (Å²) in [5, 5.41) is 8.87. The second-order valence-electron chi connectivity index (χ2n) is 4.88. The first-order valence-corrected chi connectivity index (χ1v) is 6.88. The van der Waals surface area contributed by atoms with Crippen molar-refractivity contribution in [2.75, 3.05) is 39.3 Å². The normalized spacial score (nSPS) is 16.1. The molecule has 0 aromatic heterocycles. The molecule has 0 saturated carbocycles. The van der Waals surface area contributed by atoms with E-state index in [1.807, 2.05) is 4.90 Å². The Balaban J connectivity index is 2.09. The summed E-state index contributed by atoms with van der Waals surface area (Å²) in [6.07, 6.45) is 0. The lowest BCUT2D eigenvalue weighted by Gasteiger charge is -2.34. The fourth-order valence-electron chi connectivity index (χ4n) is 2.35. The van der Waals surface area contributed by atoms with Gasteiger partial charge in [-0.1, -0.05) is 0 Å². The number of carbonyl (C=O) groups is 1. The lowest BCUT2D eigenvalue weighted by Crippen LogP contribution is -2.49. The summed E-state index contributed by atoms with van der Waals surface area (Å²) >= 11 is 0. The van der Waals surface area contributed by atoms with Gasteiger partial charge in [0, 0.05) is 38.8 Å². The Bertz CT molecular complexity index is 520. The van der Waals surface area contributed by atoms with Crippen LogP contribution in [0.4, 0.5) is 13.2 Å². The first-order chi connectivity index (χ1) is 10.5. The van der Waals surface area contributed by atoms with Gasteiger partial charge in [-0.2, -0.15) is 8.78 Å². The zero-order valence-electron chi connectivity index (χ0n) is 11.8. The van der Waals surface area contributed by atoms with E-state index >= 15 is 0 Å². The van der Waals surface area contributed by atoms with E-state index < -0.39 is 24.1 Å². The average molecular weight is 318 g/mol. The molecule has 0 unspecified atom stereocenters. The number of alkyl halides is 2. The number of piperazine rings is 1. The summed E-state index contributed by atoms with van der Waals surface area (Å²) in [4.78, 5) is 15.9. The summed E-state index contributed by atoms with van der Waals surface area (Å²) in [5.41, 5.74) is -0.0858. The van der Waals surface area contributed by atoms with E-state index in [1.54, 1.807) is 0 Å². The molecule has 1 heterocycles. The molecule has 0 spiro atoms. The smallest absolute Gasteiger partial charge is 0.387 e. The van der Waals surface area contributed by atoms with Gasteiger partial charge >= 0.3 is 6.61 Å². The Kier molecular flexibility index (Phi) is 5.62. The van der Waals surface area contributed by atoms with E-state index in [4.69, 9.17) is 5.11 Å². The standard InChI is InChI=1S/C14H17F3N2O3/c15-10-1-2-11(12(9-10)22-14(16)17)13(21)19-5-3-18(4-6-19)7-8-20/h1-2,9,14,20H,3-8H2. The zero-order valence-corrected chi connectivity index (χ0v) is 11.8. The average Bonchev–Trinajstić information content (AvgIpc) is 2.47.